The smallest absolute Gasteiger partial charge is 0.217 e. The molecule has 0 spiro atoms. The summed E-state index contributed by atoms with van der Waals surface area (Å²) in [5.41, 5.74) is 5.38. The topological polar surface area (TPSA) is 144 Å². The molecule has 0 bridgehead atoms. The first-order valence-electron chi connectivity index (χ1n) is 7.73. The fourth-order valence-corrected chi connectivity index (χ4v) is 2.75. The minimum Gasteiger partial charge on any atom is -0.391 e. The van der Waals surface area contributed by atoms with Gasteiger partial charge in [0.15, 0.2) is 5.79 Å². The minimum atomic E-state index is -1.44. The number of aliphatic hydroxyl groups is 3. The molecule has 0 saturated carbocycles. The van der Waals surface area contributed by atoms with Crippen molar-refractivity contribution < 1.29 is 34.3 Å². The number of ether oxygens (including phenoxy) is 3. The van der Waals surface area contributed by atoms with Gasteiger partial charge in [-0.15, -0.1) is 6.58 Å². The van der Waals surface area contributed by atoms with Gasteiger partial charge in [0.25, 0.3) is 0 Å². The number of methoxy groups -OCH3 is 1. The highest BCUT2D eigenvalue weighted by atomic mass is 16.7. The molecule has 1 aliphatic rings. The van der Waals surface area contributed by atoms with Gasteiger partial charge in [-0.1, -0.05) is 6.08 Å². The highest BCUT2D eigenvalue weighted by Gasteiger charge is 2.51. The molecule has 24 heavy (non-hydrogen) atoms. The number of carbonyl (C=O) groups excluding carboxylic acids is 1. The Bertz CT molecular complexity index is 423. The molecule has 0 aromatic heterocycles. The summed E-state index contributed by atoms with van der Waals surface area (Å²) in [5, 5.41) is 33.2. The average Bonchev–Trinajstić information content (AvgIpc) is 2.54. The Morgan fingerprint density at radius 1 is 1.58 bits per heavy atom. The highest BCUT2D eigenvalue weighted by Crippen LogP contribution is 2.33. The van der Waals surface area contributed by atoms with E-state index in [9.17, 15) is 20.1 Å². The van der Waals surface area contributed by atoms with Crippen molar-refractivity contribution in [2.24, 2.45) is 5.73 Å². The third-order valence-electron chi connectivity index (χ3n) is 3.81. The normalized spacial score (nSPS) is 32.8. The predicted octanol–water partition coefficient (Wildman–Crippen LogP) is -2.13. The van der Waals surface area contributed by atoms with Gasteiger partial charge < -0.3 is 40.6 Å². The molecule has 140 valence electrons. The second-order valence-corrected chi connectivity index (χ2v) is 5.82. The molecule has 1 aliphatic heterocycles. The monoisotopic (exact) mass is 348 g/mol. The molecule has 6 unspecified atom stereocenters. The molecule has 1 rings (SSSR count). The molecule has 0 aromatic carbocycles. The van der Waals surface area contributed by atoms with Crippen molar-refractivity contribution in [2.45, 2.75) is 49.6 Å². The summed E-state index contributed by atoms with van der Waals surface area (Å²) < 4.78 is 16.6. The Kier molecular flexibility index (Phi) is 8.23. The van der Waals surface area contributed by atoms with Crippen LogP contribution in [0.5, 0.6) is 0 Å². The van der Waals surface area contributed by atoms with E-state index in [1.165, 1.54) is 20.1 Å². The number of nitrogens with one attached hydrogen (secondary N) is 1. The molecule has 1 fully saturated rings. The summed E-state index contributed by atoms with van der Waals surface area (Å²) in [7, 11) is 1.44. The zero-order valence-electron chi connectivity index (χ0n) is 14.1. The van der Waals surface area contributed by atoms with Crippen molar-refractivity contribution in [3.05, 3.63) is 12.7 Å². The molecule has 1 amide bonds. The zero-order chi connectivity index (χ0) is 18.3. The van der Waals surface area contributed by atoms with Gasteiger partial charge in [0, 0.05) is 27.0 Å². The van der Waals surface area contributed by atoms with Gasteiger partial charge in [0.05, 0.1) is 24.9 Å². The number of hydrogen-bond acceptors (Lipinski definition) is 8. The van der Waals surface area contributed by atoms with E-state index in [0.717, 1.165) is 0 Å². The largest absolute Gasteiger partial charge is 0.391 e. The van der Waals surface area contributed by atoms with E-state index in [4.69, 9.17) is 19.9 Å². The maximum atomic E-state index is 11.4. The number of hydrogen-bond donors (Lipinski definition) is 5. The second-order valence-electron chi connectivity index (χ2n) is 5.82. The molecule has 6 N–H and O–H groups in total. The first-order chi connectivity index (χ1) is 11.3. The lowest BCUT2D eigenvalue weighted by molar-refractivity contribution is -0.328. The third-order valence-corrected chi connectivity index (χ3v) is 3.81. The van der Waals surface area contributed by atoms with Crippen LogP contribution in [0, 0.1) is 0 Å². The molecule has 6 atom stereocenters. The maximum absolute atomic E-state index is 11.4. The molecular weight excluding hydrogens is 320 g/mol. The van der Waals surface area contributed by atoms with Crippen LogP contribution in [0.4, 0.5) is 0 Å². The van der Waals surface area contributed by atoms with Crippen molar-refractivity contribution >= 4 is 5.91 Å². The standard InChI is InChI=1S/C15H28N2O7/c1-4-5-23-15(8-22-3)6-10(19)12(17-9(2)18)14(24-15)13(21)11(20)7-16/h4,10-14,19-21H,1,5-8,16H2,2-3H3,(H,17,18). The van der Waals surface area contributed by atoms with Crippen molar-refractivity contribution in [2.75, 3.05) is 26.9 Å². The molecule has 9 heteroatoms. The summed E-state index contributed by atoms with van der Waals surface area (Å²) in [6, 6.07) is -0.934. The van der Waals surface area contributed by atoms with Crippen LogP contribution in [0.15, 0.2) is 12.7 Å². The molecule has 0 aromatic rings. The van der Waals surface area contributed by atoms with E-state index >= 15 is 0 Å². The van der Waals surface area contributed by atoms with Crippen LogP contribution in [0.2, 0.25) is 0 Å². The summed E-state index contributed by atoms with van der Waals surface area (Å²) >= 11 is 0. The number of carbonyl (C=O) groups is 1. The van der Waals surface area contributed by atoms with Crippen LogP contribution >= 0.6 is 0 Å². The Balaban J connectivity index is 3.11. The summed E-state index contributed by atoms with van der Waals surface area (Å²) in [6.45, 7) is 4.73. The molecule has 0 aliphatic carbocycles. The van der Waals surface area contributed by atoms with Gasteiger partial charge in [-0.2, -0.15) is 0 Å². The van der Waals surface area contributed by atoms with Crippen molar-refractivity contribution in [3.63, 3.8) is 0 Å². The van der Waals surface area contributed by atoms with E-state index in [2.05, 4.69) is 11.9 Å². The number of aliphatic hydroxyl groups excluding tert-OH is 3. The summed E-state index contributed by atoms with van der Waals surface area (Å²) in [4.78, 5) is 11.4. The van der Waals surface area contributed by atoms with Crippen LogP contribution < -0.4 is 11.1 Å². The van der Waals surface area contributed by atoms with Gasteiger partial charge in [-0.05, 0) is 0 Å². The average molecular weight is 348 g/mol. The van der Waals surface area contributed by atoms with Crippen LogP contribution in [0.3, 0.4) is 0 Å². The van der Waals surface area contributed by atoms with Crippen LogP contribution in [-0.4, -0.2) is 84.3 Å². The summed E-state index contributed by atoms with van der Waals surface area (Å²) in [6.07, 6.45) is -3.46. The SMILES string of the molecule is C=CCOC1(COC)CC(O)C(NC(C)=O)C(C(O)C(O)CN)O1. The van der Waals surface area contributed by atoms with E-state index in [-0.39, 0.29) is 26.2 Å². The van der Waals surface area contributed by atoms with Crippen LogP contribution in [0.1, 0.15) is 13.3 Å². The van der Waals surface area contributed by atoms with Gasteiger partial charge in [-0.25, -0.2) is 0 Å². The molecule has 0 radical (unpaired) electrons. The predicted molar refractivity (Wildman–Crippen MR) is 84.9 cm³/mol. The number of nitrogens with two attached hydrogens (primary N) is 1. The van der Waals surface area contributed by atoms with E-state index in [1.54, 1.807) is 0 Å². The quantitative estimate of drug-likeness (QED) is 0.297. The van der Waals surface area contributed by atoms with Crippen molar-refractivity contribution in [3.8, 4) is 0 Å². The van der Waals surface area contributed by atoms with Crippen molar-refractivity contribution in [1.82, 2.24) is 5.32 Å². The summed E-state index contributed by atoms with van der Waals surface area (Å²) in [5.74, 6) is -1.76. The van der Waals surface area contributed by atoms with Gasteiger partial charge in [-0.3, -0.25) is 4.79 Å². The minimum absolute atomic E-state index is 0.00155. The van der Waals surface area contributed by atoms with E-state index < -0.39 is 42.2 Å². The first-order valence-corrected chi connectivity index (χ1v) is 7.73. The Morgan fingerprint density at radius 3 is 2.75 bits per heavy atom. The Morgan fingerprint density at radius 2 is 2.25 bits per heavy atom. The lowest BCUT2D eigenvalue weighted by atomic mass is 9.88. The molecule has 9 nitrogen and oxygen atoms in total. The van der Waals surface area contributed by atoms with Gasteiger partial charge in [0.2, 0.25) is 5.91 Å². The number of amides is 1. The highest BCUT2D eigenvalue weighted by molar-refractivity contribution is 5.73. The fraction of sp³-hybridized carbons (Fsp3) is 0.800. The lowest BCUT2D eigenvalue weighted by Crippen LogP contribution is -2.67. The molecular formula is C15H28N2O7. The maximum Gasteiger partial charge on any atom is 0.217 e. The third kappa shape index (κ3) is 5.21. The first kappa shape index (κ1) is 21.0. The number of rotatable bonds is 9. The van der Waals surface area contributed by atoms with E-state index in [0.29, 0.717) is 0 Å². The van der Waals surface area contributed by atoms with Crippen LogP contribution in [0.25, 0.3) is 0 Å². The molecule has 1 saturated heterocycles. The van der Waals surface area contributed by atoms with Crippen LogP contribution in [-0.2, 0) is 19.0 Å². The zero-order valence-corrected chi connectivity index (χ0v) is 14.1. The molecule has 1 heterocycles. The van der Waals surface area contributed by atoms with E-state index in [1.807, 2.05) is 0 Å². The van der Waals surface area contributed by atoms with Gasteiger partial charge in [0.1, 0.15) is 18.8 Å². The fourth-order valence-electron chi connectivity index (χ4n) is 2.75. The lowest BCUT2D eigenvalue weighted by Gasteiger charge is -2.48. The Labute approximate surface area is 141 Å². The Hall–Kier alpha value is -1.07. The van der Waals surface area contributed by atoms with Crippen molar-refractivity contribution in [1.29, 1.82) is 0 Å². The second kappa shape index (κ2) is 9.42. The van der Waals surface area contributed by atoms with Gasteiger partial charge >= 0.3 is 0 Å².